The molecule has 0 aliphatic carbocycles. The largest absolute Gasteiger partial charge is 1.00 e. The molecule has 0 heterocycles. The minimum absolute atomic E-state index is 0. The number of hydrogen-bond donors (Lipinski definition) is 1. The minimum atomic E-state index is -1.16. The van der Waals surface area contributed by atoms with Gasteiger partial charge in [0.15, 0.2) is 0 Å². The predicted octanol–water partition coefficient (Wildman–Crippen LogP) is 1.55. The second-order valence-electron chi connectivity index (χ2n) is 7.66. The van der Waals surface area contributed by atoms with Crippen LogP contribution in [0, 0.1) is 0 Å². The van der Waals surface area contributed by atoms with Gasteiger partial charge in [0.05, 0.1) is 12.5 Å². The average Bonchev–Trinajstić information content (AvgIpc) is 2.62. The summed E-state index contributed by atoms with van der Waals surface area (Å²) in [5.41, 5.74) is 0. The van der Waals surface area contributed by atoms with Crippen LogP contribution in [0.25, 0.3) is 0 Å². The Balaban J connectivity index is 0. The summed E-state index contributed by atoms with van der Waals surface area (Å²) in [6.45, 7) is 3.89. The maximum Gasteiger partial charge on any atom is 1.00 e. The van der Waals surface area contributed by atoms with Gasteiger partial charge in [-0.15, -0.1) is 0 Å². The maximum atomic E-state index is 11.6. The molecule has 0 bridgehead atoms. The molecule has 0 saturated carbocycles. The minimum Gasteiger partial charge on any atom is -0.548 e. The molecule has 1 N–H and O–H groups in total. The molecule has 0 fully saturated rings. The summed E-state index contributed by atoms with van der Waals surface area (Å²) >= 11 is 0. The van der Waals surface area contributed by atoms with Gasteiger partial charge in [-0.3, -0.25) is 4.79 Å². The summed E-state index contributed by atoms with van der Waals surface area (Å²) in [5.74, 6) is -1.07. The van der Waals surface area contributed by atoms with Crippen LogP contribution in [0.3, 0.4) is 0 Å². The fourth-order valence-electron chi connectivity index (χ4n) is 3.13. The van der Waals surface area contributed by atoms with Crippen LogP contribution >= 0.6 is 0 Å². The molecule has 4 nitrogen and oxygen atoms in total. The number of carbonyl (C=O) groups excluding carboxylic acids is 2. The SMILES string of the molecule is CCCCCCCCCCCCCCCCCC(=O)CN[C@@H](C)C(=O)[O-].[K+]. The van der Waals surface area contributed by atoms with Crippen LogP contribution in [0.4, 0.5) is 0 Å². The monoisotopic (exact) mass is 407 g/mol. The molecular formula is C22H42KNO3. The molecule has 5 heteroatoms. The molecule has 0 aromatic heterocycles. The van der Waals surface area contributed by atoms with Crippen molar-refractivity contribution in [2.45, 2.75) is 123 Å². The first-order chi connectivity index (χ1) is 12.6. The first kappa shape index (κ1) is 29.9. The molecule has 0 spiro atoms. The third-order valence-electron chi connectivity index (χ3n) is 5.02. The van der Waals surface area contributed by atoms with Gasteiger partial charge >= 0.3 is 51.4 Å². The zero-order chi connectivity index (χ0) is 19.5. The Morgan fingerprint density at radius 3 is 1.48 bits per heavy atom. The predicted molar refractivity (Wildman–Crippen MR) is 107 cm³/mol. The van der Waals surface area contributed by atoms with E-state index in [1.807, 2.05) is 0 Å². The molecular weight excluding hydrogens is 365 g/mol. The van der Waals surface area contributed by atoms with Crippen molar-refractivity contribution in [1.29, 1.82) is 0 Å². The van der Waals surface area contributed by atoms with E-state index in [1.54, 1.807) is 0 Å². The van der Waals surface area contributed by atoms with Gasteiger partial charge in [0.1, 0.15) is 5.78 Å². The molecule has 0 rings (SSSR count). The van der Waals surface area contributed by atoms with Crippen LogP contribution in [0.15, 0.2) is 0 Å². The quantitative estimate of drug-likeness (QED) is 0.246. The Bertz CT molecular complexity index is 350. The number of aliphatic carboxylic acids is 1. The zero-order valence-electron chi connectivity index (χ0n) is 18.3. The van der Waals surface area contributed by atoms with Crippen molar-refractivity contribution >= 4 is 11.8 Å². The van der Waals surface area contributed by atoms with Crippen molar-refractivity contribution < 1.29 is 66.1 Å². The van der Waals surface area contributed by atoms with Crippen LogP contribution in [-0.4, -0.2) is 24.3 Å². The second-order valence-corrected chi connectivity index (χ2v) is 7.66. The van der Waals surface area contributed by atoms with Gasteiger partial charge in [-0.1, -0.05) is 96.8 Å². The van der Waals surface area contributed by atoms with E-state index in [1.165, 1.54) is 90.4 Å². The maximum absolute atomic E-state index is 11.6. The van der Waals surface area contributed by atoms with Crippen LogP contribution in [0.2, 0.25) is 0 Å². The standard InChI is InChI=1S/C22H43NO3.K/c1-3-4-5-6-7-8-9-10-11-12-13-14-15-16-17-18-21(24)19-23-20(2)22(25)26;/h20,23H,3-19H2,1-2H3,(H,25,26);/q;+1/p-1/t20-;/m0./s1. The third kappa shape index (κ3) is 22.9. The molecule has 27 heavy (non-hydrogen) atoms. The van der Waals surface area contributed by atoms with Gasteiger partial charge in [-0.2, -0.15) is 0 Å². The molecule has 1 atom stereocenters. The van der Waals surface area contributed by atoms with E-state index in [2.05, 4.69) is 12.2 Å². The fourth-order valence-corrected chi connectivity index (χ4v) is 3.13. The summed E-state index contributed by atoms with van der Waals surface area (Å²) in [6, 6.07) is -0.764. The topological polar surface area (TPSA) is 69.2 Å². The number of Topliss-reactive ketones (excluding diaryl/α,β-unsaturated/α-hetero) is 1. The number of carboxylic acid groups (broad SMARTS) is 1. The second kappa shape index (κ2) is 23.0. The number of carboxylic acids is 1. The zero-order valence-corrected chi connectivity index (χ0v) is 21.4. The molecule has 0 aliphatic rings. The van der Waals surface area contributed by atoms with Crippen LogP contribution in [-0.2, 0) is 9.59 Å². The van der Waals surface area contributed by atoms with Gasteiger partial charge in [0.25, 0.3) is 0 Å². The fraction of sp³-hybridized carbons (Fsp3) is 0.909. The summed E-state index contributed by atoms with van der Waals surface area (Å²) in [6.07, 6.45) is 20.2. The average molecular weight is 408 g/mol. The molecule has 0 aromatic carbocycles. The van der Waals surface area contributed by atoms with E-state index < -0.39 is 12.0 Å². The number of unbranched alkanes of at least 4 members (excludes halogenated alkanes) is 14. The third-order valence-corrected chi connectivity index (χ3v) is 5.02. The Labute approximate surface area is 210 Å². The van der Waals surface area contributed by atoms with Gasteiger partial charge in [-0.25, -0.2) is 0 Å². The van der Waals surface area contributed by atoms with E-state index in [-0.39, 0.29) is 63.7 Å². The van der Waals surface area contributed by atoms with Crippen molar-refractivity contribution in [3.8, 4) is 0 Å². The number of nitrogens with one attached hydrogen (secondary N) is 1. The molecule has 0 saturated heterocycles. The van der Waals surface area contributed by atoms with Gasteiger partial charge in [0.2, 0.25) is 0 Å². The Morgan fingerprint density at radius 2 is 1.11 bits per heavy atom. The summed E-state index contributed by atoms with van der Waals surface area (Å²) in [5, 5.41) is 13.2. The summed E-state index contributed by atoms with van der Waals surface area (Å²) in [4.78, 5) is 22.2. The molecule has 0 aromatic rings. The summed E-state index contributed by atoms with van der Waals surface area (Å²) < 4.78 is 0. The van der Waals surface area contributed by atoms with E-state index >= 15 is 0 Å². The molecule has 0 aliphatic heterocycles. The van der Waals surface area contributed by atoms with Crippen molar-refractivity contribution in [2.24, 2.45) is 0 Å². The first-order valence-corrected chi connectivity index (χ1v) is 11.0. The molecule has 0 amide bonds. The van der Waals surface area contributed by atoms with E-state index in [9.17, 15) is 14.7 Å². The van der Waals surface area contributed by atoms with Crippen LogP contribution in [0.1, 0.15) is 117 Å². The van der Waals surface area contributed by atoms with Gasteiger partial charge in [0, 0.05) is 12.5 Å². The van der Waals surface area contributed by atoms with Crippen molar-refractivity contribution in [3.05, 3.63) is 0 Å². The molecule has 0 radical (unpaired) electrons. The van der Waals surface area contributed by atoms with E-state index in [0.29, 0.717) is 6.42 Å². The number of rotatable bonds is 20. The number of carbonyl (C=O) groups is 2. The van der Waals surface area contributed by atoms with Gasteiger partial charge in [-0.05, 0) is 13.3 Å². The first-order valence-electron chi connectivity index (χ1n) is 11.0. The van der Waals surface area contributed by atoms with Crippen LogP contribution in [0.5, 0.6) is 0 Å². The summed E-state index contributed by atoms with van der Waals surface area (Å²) in [7, 11) is 0. The Morgan fingerprint density at radius 1 is 0.741 bits per heavy atom. The molecule has 154 valence electrons. The normalized spacial score (nSPS) is 11.8. The number of ketones is 1. The Kier molecular flexibility index (Phi) is 25.5. The van der Waals surface area contributed by atoms with Crippen LogP contribution < -0.4 is 61.8 Å². The van der Waals surface area contributed by atoms with Gasteiger partial charge < -0.3 is 15.2 Å². The number of hydrogen-bond acceptors (Lipinski definition) is 4. The van der Waals surface area contributed by atoms with E-state index in [4.69, 9.17) is 0 Å². The smallest absolute Gasteiger partial charge is 0.548 e. The Hall–Kier alpha value is 0.736. The van der Waals surface area contributed by atoms with Crippen molar-refractivity contribution in [1.82, 2.24) is 5.32 Å². The van der Waals surface area contributed by atoms with Crippen molar-refractivity contribution in [3.63, 3.8) is 0 Å². The van der Waals surface area contributed by atoms with E-state index in [0.717, 1.165) is 12.8 Å². The molecule has 0 unspecified atom stereocenters. The van der Waals surface area contributed by atoms with Crippen molar-refractivity contribution in [2.75, 3.05) is 6.54 Å².